The van der Waals surface area contributed by atoms with Crippen molar-refractivity contribution in [2.24, 2.45) is 0 Å². The zero-order valence-corrected chi connectivity index (χ0v) is 15.9. The second kappa shape index (κ2) is 7.91. The first kappa shape index (κ1) is 17.7. The molecule has 1 unspecified atom stereocenters. The van der Waals surface area contributed by atoms with E-state index in [9.17, 15) is 4.79 Å². The standard InChI is InChI=1S/C21H26N2O2S/c24-20(18-6-2-1-3-7-18)23-11-5-9-21(10-12-23)17-22(13-14-25-21)16-19-8-4-15-26-19/h1-4,6-8,15H,5,9-14,16-17H2. The molecule has 138 valence electrons. The molecule has 1 aromatic carbocycles. The number of hydrogen-bond donors (Lipinski definition) is 0. The second-order valence-corrected chi connectivity index (χ2v) is 8.37. The minimum Gasteiger partial charge on any atom is -0.372 e. The number of morpholine rings is 1. The zero-order valence-electron chi connectivity index (χ0n) is 15.1. The Morgan fingerprint density at radius 2 is 1.96 bits per heavy atom. The molecule has 26 heavy (non-hydrogen) atoms. The topological polar surface area (TPSA) is 32.8 Å². The van der Waals surface area contributed by atoms with E-state index < -0.39 is 0 Å². The lowest BCUT2D eigenvalue weighted by Gasteiger charge is -2.42. The molecule has 1 spiro atoms. The SMILES string of the molecule is O=C(c1ccccc1)N1CCCC2(CC1)CN(Cc1cccs1)CCO2. The Bertz CT molecular complexity index is 719. The highest BCUT2D eigenvalue weighted by molar-refractivity contribution is 7.09. The molecule has 2 aliphatic rings. The van der Waals surface area contributed by atoms with Crippen molar-refractivity contribution in [3.05, 3.63) is 58.3 Å². The number of benzene rings is 1. The third-order valence-corrected chi connectivity index (χ3v) is 6.35. The van der Waals surface area contributed by atoms with E-state index in [0.29, 0.717) is 0 Å². The van der Waals surface area contributed by atoms with Crippen LogP contribution in [-0.4, -0.2) is 54.1 Å². The van der Waals surface area contributed by atoms with Crippen molar-refractivity contribution in [1.82, 2.24) is 9.80 Å². The molecule has 0 N–H and O–H groups in total. The molecule has 2 aliphatic heterocycles. The summed E-state index contributed by atoms with van der Waals surface area (Å²) >= 11 is 1.82. The maximum atomic E-state index is 12.8. The van der Waals surface area contributed by atoms with Crippen LogP contribution in [0.15, 0.2) is 47.8 Å². The van der Waals surface area contributed by atoms with Crippen LogP contribution >= 0.6 is 11.3 Å². The summed E-state index contributed by atoms with van der Waals surface area (Å²) in [6.07, 6.45) is 2.96. The summed E-state index contributed by atoms with van der Waals surface area (Å²) < 4.78 is 6.29. The lowest BCUT2D eigenvalue weighted by atomic mass is 9.92. The van der Waals surface area contributed by atoms with Crippen LogP contribution in [0.2, 0.25) is 0 Å². The van der Waals surface area contributed by atoms with E-state index in [1.54, 1.807) is 0 Å². The van der Waals surface area contributed by atoms with Crippen LogP contribution in [0.1, 0.15) is 34.5 Å². The Morgan fingerprint density at radius 3 is 2.77 bits per heavy atom. The Kier molecular flexibility index (Phi) is 5.38. The third-order valence-electron chi connectivity index (χ3n) is 5.49. The monoisotopic (exact) mass is 370 g/mol. The maximum Gasteiger partial charge on any atom is 0.253 e. The van der Waals surface area contributed by atoms with Crippen molar-refractivity contribution in [1.29, 1.82) is 0 Å². The fraction of sp³-hybridized carbons (Fsp3) is 0.476. The number of nitrogens with zero attached hydrogens (tertiary/aromatic N) is 2. The van der Waals surface area contributed by atoms with Gasteiger partial charge in [-0.3, -0.25) is 9.69 Å². The average molecular weight is 371 g/mol. The molecular weight excluding hydrogens is 344 g/mol. The van der Waals surface area contributed by atoms with Gasteiger partial charge in [0.15, 0.2) is 0 Å². The quantitative estimate of drug-likeness (QED) is 0.827. The minimum atomic E-state index is -0.0960. The van der Waals surface area contributed by atoms with Crippen LogP contribution in [0.4, 0.5) is 0 Å². The molecule has 0 aliphatic carbocycles. The summed E-state index contributed by atoms with van der Waals surface area (Å²) in [4.78, 5) is 18.7. The molecule has 0 radical (unpaired) electrons. The second-order valence-electron chi connectivity index (χ2n) is 7.33. The number of thiophene rings is 1. The number of hydrogen-bond acceptors (Lipinski definition) is 4. The van der Waals surface area contributed by atoms with Gasteiger partial charge in [-0.25, -0.2) is 0 Å². The molecule has 2 fully saturated rings. The summed E-state index contributed by atoms with van der Waals surface area (Å²) in [5.74, 6) is 0.147. The van der Waals surface area contributed by atoms with Gasteiger partial charge in [0, 0.05) is 43.2 Å². The summed E-state index contributed by atoms with van der Waals surface area (Å²) in [5.41, 5.74) is 0.689. The van der Waals surface area contributed by atoms with Gasteiger partial charge in [0.05, 0.1) is 12.2 Å². The predicted molar refractivity (Wildman–Crippen MR) is 104 cm³/mol. The van der Waals surface area contributed by atoms with Crippen molar-refractivity contribution in [3.63, 3.8) is 0 Å². The van der Waals surface area contributed by atoms with E-state index in [-0.39, 0.29) is 11.5 Å². The van der Waals surface area contributed by atoms with Crippen molar-refractivity contribution < 1.29 is 9.53 Å². The van der Waals surface area contributed by atoms with Crippen LogP contribution in [0.5, 0.6) is 0 Å². The highest BCUT2D eigenvalue weighted by Gasteiger charge is 2.38. The summed E-state index contributed by atoms with van der Waals surface area (Å²) in [7, 11) is 0. The van der Waals surface area contributed by atoms with Gasteiger partial charge in [-0.15, -0.1) is 11.3 Å². The van der Waals surface area contributed by atoms with E-state index in [1.165, 1.54) is 4.88 Å². The van der Waals surface area contributed by atoms with E-state index >= 15 is 0 Å². The van der Waals surface area contributed by atoms with Crippen molar-refractivity contribution >= 4 is 17.2 Å². The minimum absolute atomic E-state index is 0.0960. The van der Waals surface area contributed by atoms with Gasteiger partial charge in [0.25, 0.3) is 5.91 Å². The van der Waals surface area contributed by atoms with E-state index in [0.717, 1.165) is 64.2 Å². The van der Waals surface area contributed by atoms with Gasteiger partial charge in [-0.2, -0.15) is 0 Å². The van der Waals surface area contributed by atoms with Crippen LogP contribution in [0.25, 0.3) is 0 Å². The fourth-order valence-electron chi connectivity index (χ4n) is 4.12. The lowest BCUT2D eigenvalue weighted by molar-refractivity contribution is -0.117. The smallest absolute Gasteiger partial charge is 0.253 e. The molecule has 1 amide bonds. The lowest BCUT2D eigenvalue weighted by Crippen LogP contribution is -2.51. The molecule has 0 saturated carbocycles. The van der Waals surface area contributed by atoms with Gasteiger partial charge in [-0.1, -0.05) is 24.3 Å². The molecular formula is C21H26N2O2S. The summed E-state index contributed by atoms with van der Waals surface area (Å²) in [6.45, 7) is 5.36. The predicted octanol–water partition coefficient (Wildman–Crippen LogP) is 3.65. The van der Waals surface area contributed by atoms with E-state index in [4.69, 9.17) is 4.74 Å². The van der Waals surface area contributed by atoms with Gasteiger partial charge in [0.2, 0.25) is 0 Å². The number of amides is 1. The molecule has 5 heteroatoms. The number of rotatable bonds is 3. The molecule has 2 aromatic rings. The number of carbonyl (C=O) groups is 1. The van der Waals surface area contributed by atoms with Crippen LogP contribution in [0.3, 0.4) is 0 Å². The Morgan fingerprint density at radius 1 is 1.08 bits per heavy atom. The Balaban J connectivity index is 1.40. The van der Waals surface area contributed by atoms with Crippen molar-refractivity contribution in [2.75, 3.05) is 32.8 Å². The molecule has 3 heterocycles. The highest BCUT2D eigenvalue weighted by Crippen LogP contribution is 2.31. The maximum absolute atomic E-state index is 12.8. The average Bonchev–Trinajstić information content (AvgIpc) is 3.10. The third kappa shape index (κ3) is 4.00. The zero-order chi connectivity index (χ0) is 17.8. The Hall–Kier alpha value is -1.69. The molecule has 1 atom stereocenters. The summed E-state index contributed by atoms with van der Waals surface area (Å²) in [5, 5.41) is 2.14. The summed E-state index contributed by atoms with van der Waals surface area (Å²) in [6, 6.07) is 13.9. The van der Waals surface area contributed by atoms with Crippen LogP contribution in [0, 0.1) is 0 Å². The fourth-order valence-corrected chi connectivity index (χ4v) is 4.86. The highest BCUT2D eigenvalue weighted by atomic mass is 32.1. The van der Waals surface area contributed by atoms with Crippen LogP contribution in [-0.2, 0) is 11.3 Å². The molecule has 4 nitrogen and oxygen atoms in total. The molecule has 2 saturated heterocycles. The largest absolute Gasteiger partial charge is 0.372 e. The van der Waals surface area contributed by atoms with Crippen LogP contribution < -0.4 is 0 Å². The van der Waals surface area contributed by atoms with Crippen molar-refractivity contribution in [2.45, 2.75) is 31.4 Å². The number of ether oxygens (including phenoxy) is 1. The van der Waals surface area contributed by atoms with Gasteiger partial charge in [-0.05, 0) is 42.8 Å². The number of carbonyl (C=O) groups excluding carboxylic acids is 1. The van der Waals surface area contributed by atoms with Gasteiger partial charge < -0.3 is 9.64 Å². The van der Waals surface area contributed by atoms with E-state index in [1.807, 2.05) is 46.6 Å². The molecule has 4 rings (SSSR count). The molecule has 1 aromatic heterocycles. The van der Waals surface area contributed by atoms with Gasteiger partial charge in [0.1, 0.15) is 0 Å². The molecule has 0 bridgehead atoms. The first-order valence-electron chi connectivity index (χ1n) is 9.47. The van der Waals surface area contributed by atoms with Gasteiger partial charge >= 0.3 is 0 Å². The van der Waals surface area contributed by atoms with Crippen molar-refractivity contribution in [3.8, 4) is 0 Å². The number of likely N-dealkylation sites (tertiary alicyclic amines) is 1. The first-order valence-corrected chi connectivity index (χ1v) is 10.4. The van der Waals surface area contributed by atoms with E-state index in [2.05, 4.69) is 22.4 Å². The Labute approximate surface area is 159 Å². The first-order chi connectivity index (χ1) is 12.7. The normalized spacial score (nSPS) is 24.5.